The Balaban J connectivity index is 1.55. The van der Waals surface area contributed by atoms with E-state index in [4.69, 9.17) is 9.84 Å². The van der Waals surface area contributed by atoms with Gasteiger partial charge in [0.05, 0.1) is 24.1 Å². The van der Waals surface area contributed by atoms with E-state index in [1.807, 2.05) is 16.8 Å². The molecule has 0 radical (unpaired) electrons. The third-order valence-electron chi connectivity index (χ3n) is 6.59. The van der Waals surface area contributed by atoms with Gasteiger partial charge in [-0.3, -0.25) is 5.43 Å². The molecular weight excluding hydrogens is 384 g/mol. The Kier molecular flexibility index (Phi) is 5.09. The van der Waals surface area contributed by atoms with E-state index in [0.29, 0.717) is 17.9 Å². The number of fused-ring (bicyclic) bond motifs is 2. The van der Waals surface area contributed by atoms with Gasteiger partial charge in [-0.1, -0.05) is 38.5 Å². The van der Waals surface area contributed by atoms with Gasteiger partial charge < -0.3 is 4.74 Å². The number of hydrogen-bond donors (Lipinski definition) is 2. The zero-order chi connectivity index (χ0) is 20.0. The maximum atomic E-state index is 5.34. The summed E-state index contributed by atoms with van der Waals surface area (Å²) in [5.74, 6) is 2.82. The molecule has 0 bridgehead atoms. The average Bonchev–Trinajstić information content (AvgIpc) is 3.48. The third kappa shape index (κ3) is 3.27. The van der Waals surface area contributed by atoms with Crippen molar-refractivity contribution in [3.05, 3.63) is 35.7 Å². The number of nitrogens with zero attached hydrogens (tertiary/aromatic N) is 4. The van der Waals surface area contributed by atoms with Crippen molar-refractivity contribution in [3.63, 3.8) is 0 Å². The first kappa shape index (κ1) is 19.1. The summed E-state index contributed by atoms with van der Waals surface area (Å²) in [6, 6.07) is 8.90. The molecule has 2 fully saturated rings. The van der Waals surface area contributed by atoms with E-state index in [-0.39, 0.29) is 11.3 Å². The lowest BCUT2D eigenvalue weighted by Crippen LogP contribution is -2.32. The van der Waals surface area contributed by atoms with E-state index >= 15 is 0 Å². The van der Waals surface area contributed by atoms with Gasteiger partial charge in [-0.2, -0.15) is 9.78 Å². The monoisotopic (exact) mass is 412 g/mol. The molecule has 3 aliphatic rings. The molecule has 1 saturated carbocycles. The number of rotatable bonds is 5. The van der Waals surface area contributed by atoms with E-state index < -0.39 is 0 Å². The van der Waals surface area contributed by atoms with Crippen molar-refractivity contribution in [1.29, 1.82) is 0 Å². The minimum Gasteiger partial charge on any atom is -0.497 e. The van der Waals surface area contributed by atoms with Crippen LogP contribution in [-0.4, -0.2) is 39.0 Å². The smallest absolute Gasteiger partial charge is 0.212 e. The van der Waals surface area contributed by atoms with Gasteiger partial charge in [0.2, 0.25) is 5.16 Å². The Bertz CT molecular complexity index is 910. The molecule has 1 aliphatic carbocycles. The van der Waals surface area contributed by atoms with Gasteiger partial charge in [-0.15, -0.1) is 10.2 Å². The molecule has 2 aromatic rings. The molecule has 0 spiro atoms. The van der Waals surface area contributed by atoms with Crippen LogP contribution < -0.4 is 15.6 Å². The highest BCUT2D eigenvalue weighted by molar-refractivity contribution is 8.00. The maximum Gasteiger partial charge on any atom is 0.212 e. The van der Waals surface area contributed by atoms with Crippen molar-refractivity contribution in [2.75, 3.05) is 7.11 Å². The number of nitrogens with one attached hydrogen (secondary N) is 2. The van der Waals surface area contributed by atoms with Crippen molar-refractivity contribution in [2.45, 2.75) is 62.0 Å². The molecular formula is C21H28N6OS. The molecule has 0 amide bonds. The minimum absolute atomic E-state index is 0.158. The highest BCUT2D eigenvalue weighted by atomic mass is 32.2. The molecule has 2 aliphatic heterocycles. The number of benzene rings is 1. The number of hydrogen-bond acceptors (Lipinski definition) is 7. The summed E-state index contributed by atoms with van der Waals surface area (Å²) in [7, 11) is 1.69. The maximum absolute atomic E-state index is 5.34. The van der Waals surface area contributed by atoms with E-state index in [2.05, 4.69) is 47.0 Å². The first-order valence-electron chi connectivity index (χ1n) is 10.6. The molecule has 1 aromatic carbocycles. The first-order chi connectivity index (χ1) is 14.2. The van der Waals surface area contributed by atoms with Crippen LogP contribution in [0.3, 0.4) is 0 Å². The summed E-state index contributed by atoms with van der Waals surface area (Å²) in [4.78, 5) is 0. The standard InChI is InChI=1S/C21H28N6OS/c1-4-12(2)19-17(13-8-10-14(28-3)11-9-13)26-27-20(24-25-21(27)29-19)18-15-6-5-7-16(15)22-23-18/h8-12,15-16,18-19,22-23H,4-7H2,1-3H3. The number of ether oxygens (including phenoxy) is 1. The number of thioether (sulfide) groups is 1. The largest absolute Gasteiger partial charge is 0.497 e. The fourth-order valence-electron chi connectivity index (χ4n) is 4.68. The molecule has 2 N–H and O–H groups in total. The molecule has 5 unspecified atom stereocenters. The Morgan fingerprint density at radius 3 is 2.79 bits per heavy atom. The Morgan fingerprint density at radius 1 is 1.21 bits per heavy atom. The van der Waals surface area contributed by atoms with Crippen LogP contribution >= 0.6 is 11.8 Å². The molecule has 5 atom stereocenters. The van der Waals surface area contributed by atoms with Gasteiger partial charge in [0.25, 0.3) is 0 Å². The number of aromatic nitrogens is 3. The van der Waals surface area contributed by atoms with Crippen molar-refractivity contribution < 1.29 is 4.74 Å². The summed E-state index contributed by atoms with van der Waals surface area (Å²) in [6.45, 7) is 4.52. The quantitative estimate of drug-likeness (QED) is 0.784. The summed E-state index contributed by atoms with van der Waals surface area (Å²) in [5.41, 5.74) is 9.13. The molecule has 154 valence electrons. The number of methoxy groups -OCH3 is 1. The predicted octanol–water partition coefficient (Wildman–Crippen LogP) is 3.38. The molecule has 3 heterocycles. The van der Waals surface area contributed by atoms with Crippen LogP contribution in [0.4, 0.5) is 0 Å². The Morgan fingerprint density at radius 2 is 2.03 bits per heavy atom. The zero-order valence-corrected chi connectivity index (χ0v) is 17.9. The second-order valence-electron chi connectivity index (χ2n) is 8.26. The van der Waals surface area contributed by atoms with Gasteiger partial charge in [0, 0.05) is 6.04 Å². The summed E-state index contributed by atoms with van der Waals surface area (Å²) >= 11 is 1.79. The first-order valence-corrected chi connectivity index (χ1v) is 11.4. The fraction of sp³-hybridized carbons (Fsp3) is 0.571. The lowest BCUT2D eigenvalue weighted by Gasteiger charge is -2.28. The van der Waals surface area contributed by atoms with E-state index in [0.717, 1.165) is 34.4 Å². The van der Waals surface area contributed by atoms with Crippen molar-refractivity contribution >= 4 is 17.5 Å². The molecule has 1 aromatic heterocycles. The zero-order valence-electron chi connectivity index (χ0n) is 17.1. The van der Waals surface area contributed by atoms with E-state index in [1.54, 1.807) is 18.9 Å². The Hall–Kier alpha value is -1.90. The molecule has 5 rings (SSSR count). The topological polar surface area (TPSA) is 76.4 Å². The van der Waals surface area contributed by atoms with Crippen LogP contribution in [0, 0.1) is 11.8 Å². The normalized spacial score (nSPS) is 29.3. The SMILES string of the molecule is CCC(C)C1Sc2nnc(C3NNC4CCCC43)n2N=C1c1ccc(OC)cc1. The summed E-state index contributed by atoms with van der Waals surface area (Å²) in [5, 5.41) is 15.4. The molecule has 8 heteroatoms. The van der Waals surface area contributed by atoms with Gasteiger partial charge in [-0.05, 0) is 54.5 Å². The van der Waals surface area contributed by atoms with Crippen LogP contribution in [0.2, 0.25) is 0 Å². The van der Waals surface area contributed by atoms with Gasteiger partial charge in [-0.25, -0.2) is 5.43 Å². The van der Waals surface area contributed by atoms with Gasteiger partial charge in [0.1, 0.15) is 5.75 Å². The highest BCUT2D eigenvalue weighted by Gasteiger charge is 2.43. The number of hydrazine groups is 1. The lowest BCUT2D eigenvalue weighted by atomic mass is 9.96. The van der Waals surface area contributed by atoms with E-state index in [9.17, 15) is 0 Å². The van der Waals surface area contributed by atoms with Crippen molar-refractivity contribution in [2.24, 2.45) is 16.9 Å². The van der Waals surface area contributed by atoms with Crippen molar-refractivity contribution in [3.8, 4) is 5.75 Å². The Labute approximate surface area is 175 Å². The third-order valence-corrected chi connectivity index (χ3v) is 8.00. The summed E-state index contributed by atoms with van der Waals surface area (Å²) < 4.78 is 7.31. The second kappa shape index (κ2) is 7.74. The fourth-order valence-corrected chi connectivity index (χ4v) is 5.95. The molecule has 1 saturated heterocycles. The van der Waals surface area contributed by atoms with Crippen LogP contribution in [0.25, 0.3) is 0 Å². The molecule has 29 heavy (non-hydrogen) atoms. The second-order valence-corrected chi connectivity index (χ2v) is 9.37. The van der Waals surface area contributed by atoms with Gasteiger partial charge >= 0.3 is 0 Å². The van der Waals surface area contributed by atoms with Crippen LogP contribution in [-0.2, 0) is 0 Å². The van der Waals surface area contributed by atoms with E-state index in [1.165, 1.54) is 19.3 Å². The highest BCUT2D eigenvalue weighted by Crippen LogP contribution is 2.41. The average molecular weight is 413 g/mol. The van der Waals surface area contributed by atoms with Crippen molar-refractivity contribution in [1.82, 2.24) is 25.7 Å². The van der Waals surface area contributed by atoms with Crippen LogP contribution in [0.15, 0.2) is 34.5 Å². The lowest BCUT2D eigenvalue weighted by molar-refractivity contribution is 0.415. The molecule has 7 nitrogen and oxygen atoms in total. The van der Waals surface area contributed by atoms with Crippen LogP contribution in [0.1, 0.15) is 57.0 Å². The van der Waals surface area contributed by atoms with Crippen LogP contribution in [0.5, 0.6) is 5.75 Å². The minimum atomic E-state index is 0.158. The summed E-state index contributed by atoms with van der Waals surface area (Å²) in [6.07, 6.45) is 4.80. The predicted molar refractivity (Wildman–Crippen MR) is 114 cm³/mol. The van der Waals surface area contributed by atoms with Gasteiger partial charge in [0.15, 0.2) is 5.82 Å².